The summed E-state index contributed by atoms with van der Waals surface area (Å²) in [5.41, 5.74) is 0.254. The normalized spacial score (nSPS) is 32.2. The van der Waals surface area contributed by atoms with Crippen LogP contribution in [0.15, 0.2) is 0 Å². The number of ketones is 1. The van der Waals surface area contributed by atoms with Crippen LogP contribution in [-0.2, 0) is 14.6 Å². The topological polar surface area (TPSA) is 54.5 Å². The molecule has 116 valence electrons. The Kier molecular flexibility index (Phi) is 4.59. The van der Waals surface area contributed by atoms with Gasteiger partial charge >= 0.3 is 0 Å². The lowest BCUT2D eigenvalue weighted by atomic mass is 9.68. The highest BCUT2D eigenvalue weighted by molar-refractivity contribution is 7.91. The quantitative estimate of drug-likeness (QED) is 0.780. The van der Waals surface area contributed by atoms with Gasteiger partial charge in [0, 0.05) is 32.0 Å². The number of hydrogen-bond acceptors (Lipinski definition) is 4. The van der Waals surface area contributed by atoms with Gasteiger partial charge in [0.15, 0.2) is 9.84 Å². The van der Waals surface area contributed by atoms with Gasteiger partial charge in [-0.15, -0.1) is 0 Å². The highest BCUT2D eigenvalue weighted by Crippen LogP contribution is 2.39. The van der Waals surface area contributed by atoms with E-state index in [9.17, 15) is 13.2 Å². The summed E-state index contributed by atoms with van der Waals surface area (Å²) >= 11 is 0. The third-order valence-corrected chi connectivity index (χ3v) is 6.51. The summed E-state index contributed by atoms with van der Waals surface area (Å²) in [6.45, 7) is 8.67. The molecule has 1 aliphatic carbocycles. The molecule has 0 amide bonds. The van der Waals surface area contributed by atoms with Crippen molar-refractivity contribution in [3.8, 4) is 0 Å². The second-order valence-electron chi connectivity index (χ2n) is 7.45. The molecular formula is C15H27NO3S. The van der Waals surface area contributed by atoms with Crippen molar-refractivity contribution in [2.24, 2.45) is 17.3 Å². The molecule has 0 aromatic rings. The number of sulfone groups is 1. The molecule has 2 aliphatic rings. The first-order chi connectivity index (χ1) is 9.17. The summed E-state index contributed by atoms with van der Waals surface area (Å²) < 4.78 is 22.9. The van der Waals surface area contributed by atoms with E-state index in [0.717, 1.165) is 19.4 Å². The van der Waals surface area contributed by atoms with Crippen LogP contribution in [0.3, 0.4) is 0 Å². The van der Waals surface area contributed by atoms with Crippen LogP contribution in [0.1, 0.15) is 40.0 Å². The van der Waals surface area contributed by atoms with E-state index in [4.69, 9.17) is 0 Å². The van der Waals surface area contributed by atoms with Crippen molar-refractivity contribution >= 4 is 15.6 Å². The van der Waals surface area contributed by atoms with Gasteiger partial charge in [-0.3, -0.25) is 4.79 Å². The first-order valence-corrected chi connectivity index (χ1v) is 9.45. The van der Waals surface area contributed by atoms with Crippen LogP contribution in [0.4, 0.5) is 0 Å². The molecule has 1 saturated carbocycles. The van der Waals surface area contributed by atoms with Crippen LogP contribution < -0.4 is 0 Å². The molecule has 2 fully saturated rings. The van der Waals surface area contributed by atoms with Gasteiger partial charge in [0.2, 0.25) is 0 Å². The van der Waals surface area contributed by atoms with Gasteiger partial charge in [-0.05, 0) is 24.2 Å². The van der Waals surface area contributed by atoms with Crippen LogP contribution >= 0.6 is 0 Å². The van der Waals surface area contributed by atoms with Crippen molar-refractivity contribution in [1.82, 2.24) is 4.90 Å². The van der Waals surface area contributed by atoms with Crippen LogP contribution in [0.25, 0.3) is 0 Å². The minimum atomic E-state index is -2.83. The molecule has 0 N–H and O–H groups in total. The standard InChI is InChI=1S/C15H27NO3S/c1-15(2,3)13-4-5-14(17)12(10-13)11-16-6-8-20(18,19)9-7-16/h12-13H,4-11H2,1-3H3. The molecule has 1 saturated heterocycles. The van der Waals surface area contributed by atoms with E-state index in [1.807, 2.05) is 0 Å². The van der Waals surface area contributed by atoms with Crippen molar-refractivity contribution in [2.45, 2.75) is 40.0 Å². The minimum Gasteiger partial charge on any atom is -0.301 e. The maximum Gasteiger partial charge on any atom is 0.152 e. The molecule has 0 spiro atoms. The van der Waals surface area contributed by atoms with Crippen LogP contribution in [0.2, 0.25) is 0 Å². The van der Waals surface area contributed by atoms with E-state index in [2.05, 4.69) is 25.7 Å². The predicted octanol–water partition coefficient (Wildman–Crippen LogP) is 1.75. The largest absolute Gasteiger partial charge is 0.301 e. The number of nitrogens with zero attached hydrogens (tertiary/aromatic N) is 1. The molecule has 2 rings (SSSR count). The number of Topliss-reactive ketones (excluding diaryl/α,β-unsaturated/α-hetero) is 1. The molecule has 5 heteroatoms. The van der Waals surface area contributed by atoms with Crippen molar-refractivity contribution in [3.63, 3.8) is 0 Å². The predicted molar refractivity (Wildman–Crippen MR) is 80.4 cm³/mol. The zero-order valence-corrected chi connectivity index (χ0v) is 13.7. The van der Waals surface area contributed by atoms with Crippen molar-refractivity contribution in [2.75, 3.05) is 31.1 Å². The Hall–Kier alpha value is -0.420. The lowest BCUT2D eigenvalue weighted by Crippen LogP contribution is -2.45. The molecule has 0 bridgehead atoms. The molecule has 1 aliphatic heterocycles. The summed E-state index contributed by atoms with van der Waals surface area (Å²) in [7, 11) is -2.83. The van der Waals surface area contributed by atoms with Gasteiger partial charge in [-0.1, -0.05) is 20.8 Å². The van der Waals surface area contributed by atoms with Crippen LogP contribution in [0.5, 0.6) is 0 Å². The molecule has 2 unspecified atom stereocenters. The van der Waals surface area contributed by atoms with Crippen LogP contribution in [0, 0.1) is 17.3 Å². The second kappa shape index (κ2) is 5.76. The highest BCUT2D eigenvalue weighted by atomic mass is 32.2. The first kappa shape index (κ1) is 16.0. The Bertz CT molecular complexity index is 450. The Labute approximate surface area is 122 Å². The SMILES string of the molecule is CC(C)(C)C1CCC(=O)C(CN2CCS(=O)(=O)CC2)C1. The van der Waals surface area contributed by atoms with Gasteiger partial charge < -0.3 is 4.90 Å². The molecule has 0 aromatic heterocycles. The summed E-state index contributed by atoms with van der Waals surface area (Å²) in [5, 5.41) is 0. The van der Waals surface area contributed by atoms with Gasteiger partial charge in [-0.25, -0.2) is 8.42 Å². The fraction of sp³-hybridized carbons (Fsp3) is 0.933. The summed E-state index contributed by atoms with van der Waals surface area (Å²) in [5.74, 6) is 1.57. The number of carbonyl (C=O) groups is 1. The highest BCUT2D eigenvalue weighted by Gasteiger charge is 2.36. The summed E-state index contributed by atoms with van der Waals surface area (Å²) in [6, 6.07) is 0. The third kappa shape index (κ3) is 4.04. The summed E-state index contributed by atoms with van der Waals surface area (Å²) in [4.78, 5) is 14.3. The average molecular weight is 301 g/mol. The van der Waals surface area contributed by atoms with Crippen LogP contribution in [-0.4, -0.2) is 50.2 Å². The molecule has 1 heterocycles. The maximum absolute atomic E-state index is 12.1. The van der Waals surface area contributed by atoms with Crippen molar-refractivity contribution in [1.29, 1.82) is 0 Å². The lowest BCUT2D eigenvalue weighted by molar-refractivity contribution is -0.127. The van der Waals surface area contributed by atoms with E-state index in [1.165, 1.54) is 0 Å². The Morgan fingerprint density at radius 1 is 1.20 bits per heavy atom. The monoisotopic (exact) mass is 301 g/mol. The number of rotatable bonds is 2. The van der Waals surface area contributed by atoms with E-state index >= 15 is 0 Å². The van der Waals surface area contributed by atoms with E-state index < -0.39 is 9.84 Å². The van der Waals surface area contributed by atoms with Gasteiger partial charge in [0.25, 0.3) is 0 Å². The van der Waals surface area contributed by atoms with Gasteiger partial charge in [0.1, 0.15) is 5.78 Å². The van der Waals surface area contributed by atoms with E-state index in [0.29, 0.717) is 31.2 Å². The average Bonchev–Trinajstić information content (AvgIpc) is 2.33. The third-order valence-electron chi connectivity index (χ3n) is 4.90. The Morgan fingerprint density at radius 2 is 1.80 bits per heavy atom. The van der Waals surface area contributed by atoms with E-state index in [1.54, 1.807) is 0 Å². The van der Waals surface area contributed by atoms with Crippen molar-refractivity contribution < 1.29 is 13.2 Å². The van der Waals surface area contributed by atoms with Crippen molar-refractivity contribution in [3.05, 3.63) is 0 Å². The Morgan fingerprint density at radius 3 is 2.35 bits per heavy atom. The Balaban J connectivity index is 1.92. The first-order valence-electron chi connectivity index (χ1n) is 7.63. The summed E-state index contributed by atoms with van der Waals surface area (Å²) in [6.07, 6.45) is 2.66. The van der Waals surface area contributed by atoms with Gasteiger partial charge in [0.05, 0.1) is 11.5 Å². The molecule has 0 radical (unpaired) electrons. The fourth-order valence-corrected chi connectivity index (χ4v) is 4.60. The fourth-order valence-electron chi connectivity index (χ4n) is 3.32. The minimum absolute atomic E-state index is 0.105. The molecule has 2 atom stereocenters. The second-order valence-corrected chi connectivity index (χ2v) is 9.76. The zero-order chi connectivity index (χ0) is 15.0. The zero-order valence-electron chi connectivity index (χ0n) is 12.9. The lowest BCUT2D eigenvalue weighted by Gasteiger charge is -2.39. The number of hydrogen-bond donors (Lipinski definition) is 0. The van der Waals surface area contributed by atoms with E-state index in [-0.39, 0.29) is 22.8 Å². The smallest absolute Gasteiger partial charge is 0.152 e. The molecule has 0 aromatic carbocycles. The maximum atomic E-state index is 12.1. The molecule has 20 heavy (non-hydrogen) atoms. The van der Waals surface area contributed by atoms with Gasteiger partial charge in [-0.2, -0.15) is 0 Å². The molecular weight excluding hydrogens is 274 g/mol. The molecule has 4 nitrogen and oxygen atoms in total. The number of carbonyl (C=O) groups excluding carboxylic acids is 1.